The zero-order valence-corrected chi connectivity index (χ0v) is 19.0. The van der Waals surface area contributed by atoms with Crippen LogP contribution in [0.2, 0.25) is 0 Å². The molecule has 8 heteroatoms. The van der Waals surface area contributed by atoms with Gasteiger partial charge in [-0.05, 0) is 43.2 Å². The molecule has 0 saturated carbocycles. The highest BCUT2D eigenvalue weighted by molar-refractivity contribution is 5.84. The lowest BCUT2D eigenvalue weighted by atomic mass is 10.1. The zero-order valence-electron chi connectivity index (χ0n) is 19.0. The van der Waals surface area contributed by atoms with Gasteiger partial charge in [-0.15, -0.1) is 0 Å². The second kappa shape index (κ2) is 8.54. The van der Waals surface area contributed by atoms with E-state index in [0.29, 0.717) is 40.1 Å². The van der Waals surface area contributed by atoms with Crippen molar-refractivity contribution < 1.29 is 9.50 Å². The standard InChI is InChI=1S/C27H20FN5O2/c1-16-8-9-24(34)17(2)25(16)33-15-31-26-20(27(33)35)11-23(19-10-21(28)22(12-29)30-13-19)32(26)14-18-6-4-3-5-7-18/h3-11,13,15,34H,14H2,1-2H3. The van der Waals surface area contributed by atoms with E-state index in [2.05, 4.69) is 9.97 Å². The summed E-state index contributed by atoms with van der Waals surface area (Å²) in [5, 5.41) is 19.6. The second-order valence-electron chi connectivity index (χ2n) is 8.30. The summed E-state index contributed by atoms with van der Waals surface area (Å²) in [7, 11) is 0. The number of rotatable bonds is 4. The maximum Gasteiger partial charge on any atom is 0.267 e. The van der Waals surface area contributed by atoms with E-state index < -0.39 is 5.82 Å². The quantitative estimate of drug-likeness (QED) is 0.417. The van der Waals surface area contributed by atoms with Crippen molar-refractivity contribution in [1.82, 2.24) is 19.1 Å². The zero-order chi connectivity index (χ0) is 24.7. The number of halogens is 1. The first-order valence-corrected chi connectivity index (χ1v) is 10.9. The van der Waals surface area contributed by atoms with Gasteiger partial charge in [-0.3, -0.25) is 9.36 Å². The van der Waals surface area contributed by atoms with Gasteiger partial charge in [0.2, 0.25) is 0 Å². The SMILES string of the molecule is Cc1ccc(O)c(C)c1-n1cnc2c(cc(-c3cnc(C#N)c(F)c3)n2Cc2ccccc2)c1=O. The van der Waals surface area contributed by atoms with E-state index in [9.17, 15) is 14.3 Å². The van der Waals surface area contributed by atoms with Crippen LogP contribution in [-0.4, -0.2) is 24.2 Å². The number of aromatic hydroxyl groups is 1. The van der Waals surface area contributed by atoms with Crippen LogP contribution in [0.3, 0.4) is 0 Å². The van der Waals surface area contributed by atoms with E-state index >= 15 is 0 Å². The summed E-state index contributed by atoms with van der Waals surface area (Å²) in [4.78, 5) is 22.2. The van der Waals surface area contributed by atoms with Gasteiger partial charge in [-0.2, -0.15) is 5.26 Å². The van der Waals surface area contributed by atoms with Gasteiger partial charge in [0.05, 0.1) is 16.8 Å². The summed E-state index contributed by atoms with van der Waals surface area (Å²) in [6, 6.07) is 17.6. The minimum Gasteiger partial charge on any atom is -0.508 e. The molecule has 3 aromatic heterocycles. The van der Waals surface area contributed by atoms with Crippen LogP contribution in [0, 0.1) is 31.0 Å². The van der Waals surface area contributed by atoms with Crippen LogP contribution in [0.5, 0.6) is 5.75 Å². The molecule has 0 saturated heterocycles. The highest BCUT2D eigenvalue weighted by Gasteiger charge is 2.19. The maximum atomic E-state index is 14.4. The third-order valence-corrected chi connectivity index (χ3v) is 6.08. The van der Waals surface area contributed by atoms with Gasteiger partial charge in [-0.1, -0.05) is 36.4 Å². The third kappa shape index (κ3) is 3.73. The fourth-order valence-electron chi connectivity index (χ4n) is 4.31. The number of benzene rings is 2. The van der Waals surface area contributed by atoms with Crippen LogP contribution < -0.4 is 5.56 Å². The van der Waals surface area contributed by atoms with Gasteiger partial charge >= 0.3 is 0 Å². The Hall–Kier alpha value is -4.77. The monoisotopic (exact) mass is 465 g/mol. The lowest BCUT2D eigenvalue weighted by molar-refractivity contribution is 0.470. The molecule has 5 rings (SSSR count). The molecular weight excluding hydrogens is 445 g/mol. The number of hydrogen-bond donors (Lipinski definition) is 1. The first-order valence-electron chi connectivity index (χ1n) is 10.9. The number of phenols is 1. The Morgan fingerprint density at radius 2 is 1.86 bits per heavy atom. The highest BCUT2D eigenvalue weighted by atomic mass is 19.1. The van der Waals surface area contributed by atoms with E-state index in [0.717, 1.165) is 11.1 Å². The molecule has 0 bridgehead atoms. The molecule has 0 amide bonds. The molecule has 172 valence electrons. The minimum atomic E-state index is -0.738. The molecule has 35 heavy (non-hydrogen) atoms. The van der Waals surface area contributed by atoms with Crippen molar-refractivity contribution in [3.05, 3.63) is 106 Å². The van der Waals surface area contributed by atoms with Crippen LogP contribution in [0.1, 0.15) is 22.4 Å². The van der Waals surface area contributed by atoms with Crippen molar-refractivity contribution in [2.45, 2.75) is 20.4 Å². The fraction of sp³-hybridized carbons (Fsp3) is 0.111. The summed E-state index contributed by atoms with van der Waals surface area (Å²) in [5.74, 6) is -0.656. The van der Waals surface area contributed by atoms with E-state index in [4.69, 9.17) is 5.26 Å². The van der Waals surface area contributed by atoms with Crippen LogP contribution in [0.15, 0.2) is 71.9 Å². The number of aromatic nitrogens is 4. The van der Waals surface area contributed by atoms with E-state index in [-0.39, 0.29) is 17.0 Å². The number of nitriles is 1. The number of fused-ring (bicyclic) bond motifs is 1. The van der Waals surface area contributed by atoms with Crippen molar-refractivity contribution in [1.29, 1.82) is 5.26 Å². The molecule has 0 radical (unpaired) electrons. The summed E-state index contributed by atoms with van der Waals surface area (Å²) >= 11 is 0. The normalized spacial score (nSPS) is 11.0. The molecule has 1 N–H and O–H groups in total. The molecule has 2 aromatic carbocycles. The van der Waals surface area contributed by atoms with Gasteiger partial charge < -0.3 is 9.67 Å². The average Bonchev–Trinajstić information content (AvgIpc) is 3.22. The highest BCUT2D eigenvalue weighted by Crippen LogP contribution is 2.29. The first kappa shape index (κ1) is 22.0. The Morgan fingerprint density at radius 1 is 1.09 bits per heavy atom. The molecule has 5 aromatic rings. The predicted molar refractivity (Wildman–Crippen MR) is 130 cm³/mol. The van der Waals surface area contributed by atoms with E-state index in [1.54, 1.807) is 31.2 Å². The van der Waals surface area contributed by atoms with Gasteiger partial charge in [0, 0.05) is 23.9 Å². The number of hydrogen-bond acceptors (Lipinski definition) is 5. The smallest absolute Gasteiger partial charge is 0.267 e. The lowest BCUT2D eigenvalue weighted by Crippen LogP contribution is -2.20. The van der Waals surface area contributed by atoms with Crippen LogP contribution in [-0.2, 0) is 6.54 Å². The summed E-state index contributed by atoms with van der Waals surface area (Å²) < 4.78 is 17.7. The van der Waals surface area contributed by atoms with Gasteiger partial charge in [0.15, 0.2) is 11.5 Å². The molecular formula is C27H20FN5O2. The average molecular weight is 465 g/mol. The van der Waals surface area contributed by atoms with Crippen molar-refractivity contribution >= 4 is 11.0 Å². The minimum absolute atomic E-state index is 0.0825. The van der Waals surface area contributed by atoms with Crippen molar-refractivity contribution in [3.8, 4) is 28.8 Å². The van der Waals surface area contributed by atoms with Crippen LogP contribution in [0.25, 0.3) is 28.0 Å². The number of pyridine rings is 1. The lowest BCUT2D eigenvalue weighted by Gasteiger charge is -2.14. The van der Waals surface area contributed by atoms with Crippen LogP contribution >= 0.6 is 0 Å². The van der Waals surface area contributed by atoms with E-state index in [1.807, 2.05) is 41.8 Å². The van der Waals surface area contributed by atoms with Crippen molar-refractivity contribution in [2.24, 2.45) is 0 Å². The third-order valence-electron chi connectivity index (χ3n) is 6.08. The predicted octanol–water partition coefficient (Wildman–Crippen LogP) is 4.63. The maximum absolute atomic E-state index is 14.4. The molecule has 0 aliphatic rings. The number of phenolic OH excluding ortho intramolecular Hbond substituents is 1. The second-order valence-corrected chi connectivity index (χ2v) is 8.30. The Kier molecular flexibility index (Phi) is 5.38. The molecule has 7 nitrogen and oxygen atoms in total. The van der Waals surface area contributed by atoms with Crippen LogP contribution in [0.4, 0.5) is 4.39 Å². The number of aryl methyl sites for hydroxylation is 1. The molecule has 0 aliphatic heterocycles. The molecule has 0 atom stereocenters. The summed E-state index contributed by atoms with van der Waals surface area (Å²) in [6.45, 7) is 3.99. The summed E-state index contributed by atoms with van der Waals surface area (Å²) in [5.41, 5.74) is 3.70. The van der Waals surface area contributed by atoms with Gasteiger partial charge in [-0.25, -0.2) is 14.4 Å². The Balaban J connectivity index is 1.78. The summed E-state index contributed by atoms with van der Waals surface area (Å²) in [6.07, 6.45) is 2.86. The van der Waals surface area contributed by atoms with Crippen molar-refractivity contribution in [2.75, 3.05) is 0 Å². The first-order chi connectivity index (χ1) is 16.9. The van der Waals surface area contributed by atoms with Gasteiger partial charge in [0.1, 0.15) is 23.8 Å². The molecule has 0 fully saturated rings. The van der Waals surface area contributed by atoms with E-state index in [1.165, 1.54) is 23.2 Å². The Labute approximate surface area is 200 Å². The Morgan fingerprint density at radius 3 is 2.57 bits per heavy atom. The largest absolute Gasteiger partial charge is 0.508 e. The Bertz CT molecular complexity index is 1700. The van der Waals surface area contributed by atoms with Gasteiger partial charge in [0.25, 0.3) is 5.56 Å². The molecule has 3 heterocycles. The van der Waals surface area contributed by atoms with Crippen molar-refractivity contribution in [3.63, 3.8) is 0 Å². The molecule has 0 spiro atoms. The topological polar surface area (TPSA) is 96.7 Å². The molecule has 0 aliphatic carbocycles. The fourth-order valence-corrected chi connectivity index (χ4v) is 4.31. The number of nitrogens with zero attached hydrogens (tertiary/aromatic N) is 5. The molecule has 0 unspecified atom stereocenters.